The molecule has 0 saturated heterocycles. The summed E-state index contributed by atoms with van der Waals surface area (Å²) in [5.74, 6) is 4.41. The number of rotatable bonds is 3. The summed E-state index contributed by atoms with van der Waals surface area (Å²) in [6, 6.07) is 0. The summed E-state index contributed by atoms with van der Waals surface area (Å²) in [7, 11) is 1.90. The second-order valence-corrected chi connectivity index (χ2v) is 4.92. The third-order valence-corrected chi connectivity index (χ3v) is 3.29. The molecule has 0 amide bonds. The Morgan fingerprint density at radius 3 is 2.63 bits per heavy atom. The van der Waals surface area contributed by atoms with Crippen LogP contribution in [0.4, 0.5) is 5.82 Å². The van der Waals surface area contributed by atoms with Crippen LogP contribution in [0.15, 0.2) is 6.20 Å². The predicted molar refractivity (Wildman–Crippen MR) is 76.5 cm³/mol. The fourth-order valence-corrected chi connectivity index (χ4v) is 2.11. The first-order valence-electron chi connectivity index (χ1n) is 6.25. The lowest BCUT2D eigenvalue weighted by Crippen LogP contribution is -2.07. The van der Waals surface area contributed by atoms with Gasteiger partial charge in [0, 0.05) is 24.2 Å². The standard InChI is InChI=1S/C14H19N5/c1-6-7-19-13(15)12(17-14(19)9(2)3)11-8-16-18(5)10(11)4/h1,8-9H,7,15H2,2-5H3. The molecule has 2 aromatic rings. The molecule has 0 bridgehead atoms. The fraction of sp³-hybridized carbons (Fsp3) is 0.429. The third kappa shape index (κ3) is 2.10. The van der Waals surface area contributed by atoms with Gasteiger partial charge in [-0.3, -0.25) is 4.68 Å². The summed E-state index contributed by atoms with van der Waals surface area (Å²) in [5.41, 5.74) is 8.96. The smallest absolute Gasteiger partial charge is 0.132 e. The van der Waals surface area contributed by atoms with E-state index in [1.807, 2.05) is 23.2 Å². The summed E-state index contributed by atoms with van der Waals surface area (Å²) >= 11 is 0. The van der Waals surface area contributed by atoms with Gasteiger partial charge in [-0.15, -0.1) is 6.42 Å². The molecule has 0 aromatic carbocycles. The van der Waals surface area contributed by atoms with E-state index in [-0.39, 0.29) is 5.92 Å². The van der Waals surface area contributed by atoms with Crippen molar-refractivity contribution in [3.8, 4) is 23.6 Å². The number of nitrogens with two attached hydrogens (primary N) is 1. The zero-order valence-corrected chi connectivity index (χ0v) is 11.8. The second-order valence-electron chi connectivity index (χ2n) is 4.92. The zero-order valence-electron chi connectivity index (χ0n) is 11.8. The zero-order chi connectivity index (χ0) is 14.2. The number of terminal acetylenes is 1. The number of nitrogens with zero attached hydrogens (tertiary/aromatic N) is 4. The van der Waals surface area contributed by atoms with Gasteiger partial charge in [-0.05, 0) is 6.92 Å². The van der Waals surface area contributed by atoms with E-state index in [0.717, 1.165) is 22.8 Å². The van der Waals surface area contributed by atoms with Crippen molar-refractivity contribution in [2.75, 3.05) is 5.73 Å². The SMILES string of the molecule is C#CCn1c(C(C)C)nc(-c2cnn(C)c2C)c1N. The molecule has 2 N–H and O–H groups in total. The van der Waals surface area contributed by atoms with E-state index in [9.17, 15) is 0 Å². The molecule has 0 atom stereocenters. The average molecular weight is 257 g/mol. The van der Waals surface area contributed by atoms with Crippen molar-refractivity contribution < 1.29 is 0 Å². The molecule has 0 aliphatic heterocycles. The number of aromatic nitrogens is 4. The van der Waals surface area contributed by atoms with Gasteiger partial charge in [0.1, 0.15) is 17.3 Å². The van der Waals surface area contributed by atoms with E-state index in [0.29, 0.717) is 12.4 Å². The molecule has 2 aromatic heterocycles. The first-order chi connectivity index (χ1) is 8.97. The molecule has 5 nitrogen and oxygen atoms in total. The Balaban J connectivity index is 2.63. The highest BCUT2D eigenvalue weighted by Gasteiger charge is 2.20. The lowest BCUT2D eigenvalue weighted by atomic mass is 10.2. The van der Waals surface area contributed by atoms with Crippen molar-refractivity contribution in [3.05, 3.63) is 17.7 Å². The maximum absolute atomic E-state index is 6.21. The number of anilines is 1. The molecule has 0 aliphatic carbocycles. The van der Waals surface area contributed by atoms with Crippen LogP contribution in [-0.4, -0.2) is 19.3 Å². The molecule has 0 aliphatic rings. The molecule has 5 heteroatoms. The van der Waals surface area contributed by atoms with Gasteiger partial charge in [-0.2, -0.15) is 5.10 Å². The monoisotopic (exact) mass is 257 g/mol. The predicted octanol–water partition coefficient (Wildman–Crippen LogP) is 1.93. The van der Waals surface area contributed by atoms with Gasteiger partial charge in [-0.25, -0.2) is 4.98 Å². The van der Waals surface area contributed by atoms with E-state index >= 15 is 0 Å². The highest BCUT2D eigenvalue weighted by Crippen LogP contribution is 2.30. The Bertz CT molecular complexity index is 640. The van der Waals surface area contributed by atoms with Gasteiger partial charge >= 0.3 is 0 Å². The summed E-state index contributed by atoms with van der Waals surface area (Å²) < 4.78 is 3.70. The first-order valence-corrected chi connectivity index (χ1v) is 6.25. The molecular weight excluding hydrogens is 238 g/mol. The van der Waals surface area contributed by atoms with Crippen LogP contribution in [-0.2, 0) is 13.6 Å². The lowest BCUT2D eigenvalue weighted by Gasteiger charge is -2.08. The first kappa shape index (κ1) is 13.2. The highest BCUT2D eigenvalue weighted by atomic mass is 15.3. The Morgan fingerprint density at radius 1 is 1.47 bits per heavy atom. The number of nitrogen functional groups attached to an aromatic ring is 1. The Hall–Kier alpha value is -2.22. The van der Waals surface area contributed by atoms with Gasteiger partial charge < -0.3 is 10.3 Å². The summed E-state index contributed by atoms with van der Waals surface area (Å²) in [6.07, 6.45) is 7.20. The summed E-state index contributed by atoms with van der Waals surface area (Å²) in [6.45, 7) is 6.59. The van der Waals surface area contributed by atoms with Crippen LogP contribution in [0.5, 0.6) is 0 Å². The second kappa shape index (κ2) is 4.81. The van der Waals surface area contributed by atoms with Crippen LogP contribution in [0, 0.1) is 19.3 Å². The molecule has 0 fully saturated rings. The van der Waals surface area contributed by atoms with E-state index in [1.54, 1.807) is 6.20 Å². The van der Waals surface area contributed by atoms with Crippen LogP contribution in [0.2, 0.25) is 0 Å². The van der Waals surface area contributed by atoms with Gasteiger partial charge in [0.05, 0.1) is 12.7 Å². The minimum absolute atomic E-state index is 0.265. The van der Waals surface area contributed by atoms with Crippen LogP contribution < -0.4 is 5.73 Å². The van der Waals surface area contributed by atoms with Crippen molar-refractivity contribution in [1.82, 2.24) is 19.3 Å². The largest absolute Gasteiger partial charge is 0.383 e. The highest BCUT2D eigenvalue weighted by molar-refractivity contribution is 5.72. The van der Waals surface area contributed by atoms with E-state index < -0.39 is 0 Å². The number of imidazole rings is 1. The molecule has 0 spiro atoms. The maximum atomic E-state index is 6.21. The maximum Gasteiger partial charge on any atom is 0.132 e. The van der Waals surface area contributed by atoms with E-state index in [2.05, 4.69) is 29.9 Å². The van der Waals surface area contributed by atoms with Crippen molar-refractivity contribution in [2.24, 2.45) is 7.05 Å². The lowest BCUT2D eigenvalue weighted by molar-refractivity contribution is 0.691. The molecule has 0 saturated carbocycles. The summed E-state index contributed by atoms with van der Waals surface area (Å²) in [4.78, 5) is 4.66. The van der Waals surface area contributed by atoms with Crippen molar-refractivity contribution in [3.63, 3.8) is 0 Å². The molecule has 100 valence electrons. The quantitative estimate of drug-likeness (QED) is 0.855. The van der Waals surface area contributed by atoms with Crippen molar-refractivity contribution in [1.29, 1.82) is 0 Å². The average Bonchev–Trinajstić information content (AvgIpc) is 2.84. The van der Waals surface area contributed by atoms with Gasteiger partial charge in [0.15, 0.2) is 0 Å². The summed E-state index contributed by atoms with van der Waals surface area (Å²) in [5, 5.41) is 4.23. The van der Waals surface area contributed by atoms with Crippen LogP contribution in [0.1, 0.15) is 31.3 Å². The Labute approximate surface area is 113 Å². The molecule has 0 radical (unpaired) electrons. The topological polar surface area (TPSA) is 61.7 Å². The van der Waals surface area contributed by atoms with E-state index in [4.69, 9.17) is 12.2 Å². The molecular formula is C14H19N5. The van der Waals surface area contributed by atoms with E-state index in [1.165, 1.54) is 0 Å². The Kier molecular flexibility index (Phi) is 3.34. The Morgan fingerprint density at radius 2 is 2.16 bits per heavy atom. The van der Waals surface area contributed by atoms with Crippen LogP contribution in [0.3, 0.4) is 0 Å². The third-order valence-electron chi connectivity index (χ3n) is 3.29. The number of aryl methyl sites for hydroxylation is 1. The fourth-order valence-electron chi connectivity index (χ4n) is 2.11. The normalized spacial score (nSPS) is 10.9. The van der Waals surface area contributed by atoms with Crippen molar-refractivity contribution in [2.45, 2.75) is 33.2 Å². The molecule has 0 unspecified atom stereocenters. The van der Waals surface area contributed by atoms with Crippen LogP contribution in [0.25, 0.3) is 11.3 Å². The minimum Gasteiger partial charge on any atom is -0.383 e. The minimum atomic E-state index is 0.265. The number of hydrogen-bond donors (Lipinski definition) is 1. The number of hydrogen-bond acceptors (Lipinski definition) is 3. The van der Waals surface area contributed by atoms with Gasteiger partial charge in [-0.1, -0.05) is 19.8 Å². The molecule has 19 heavy (non-hydrogen) atoms. The van der Waals surface area contributed by atoms with Gasteiger partial charge in [0.2, 0.25) is 0 Å². The van der Waals surface area contributed by atoms with Gasteiger partial charge in [0.25, 0.3) is 0 Å². The molecule has 2 heterocycles. The van der Waals surface area contributed by atoms with Crippen LogP contribution >= 0.6 is 0 Å². The molecule has 2 rings (SSSR count). The van der Waals surface area contributed by atoms with Crippen molar-refractivity contribution >= 4 is 5.82 Å².